The van der Waals surface area contributed by atoms with Crippen molar-refractivity contribution in [2.24, 2.45) is 0 Å². The zero-order valence-corrected chi connectivity index (χ0v) is 12.3. The number of nitrogens with one attached hydrogen (secondary N) is 1. The minimum absolute atomic E-state index is 0.250. The summed E-state index contributed by atoms with van der Waals surface area (Å²) in [5, 5.41) is 29.9. The molecule has 7 heteroatoms. The van der Waals surface area contributed by atoms with E-state index in [0.29, 0.717) is 17.7 Å². The van der Waals surface area contributed by atoms with E-state index in [0.717, 1.165) is 0 Å². The zero-order valence-electron chi connectivity index (χ0n) is 11.4. The lowest BCUT2D eigenvalue weighted by Gasteiger charge is -2.12. The van der Waals surface area contributed by atoms with E-state index in [2.05, 4.69) is 5.32 Å². The fourth-order valence-corrected chi connectivity index (χ4v) is 2.00. The number of rotatable bonds is 7. The maximum absolute atomic E-state index is 11.7. The topological polar surface area (TPSA) is 107 Å². The predicted molar refractivity (Wildman–Crippen MR) is 81.4 cm³/mol. The average molecular weight is 311 g/mol. The van der Waals surface area contributed by atoms with Gasteiger partial charge < -0.3 is 20.6 Å². The van der Waals surface area contributed by atoms with Crippen molar-refractivity contribution < 1.29 is 24.9 Å². The molecule has 0 spiro atoms. The minimum Gasteiger partial charge on any atom is -0.504 e. The van der Waals surface area contributed by atoms with Gasteiger partial charge in [0.25, 0.3) is 0 Å². The minimum atomic E-state index is -1.08. The molecule has 0 heterocycles. The van der Waals surface area contributed by atoms with E-state index in [1.54, 1.807) is 0 Å². The lowest BCUT2D eigenvalue weighted by Crippen LogP contribution is -2.40. The second-order valence-electron chi connectivity index (χ2n) is 4.26. The van der Waals surface area contributed by atoms with E-state index < -0.39 is 17.9 Å². The standard InChI is InChI=1S/C14H17NO5S/c1-21-7-6-10(14(19)20)15-13(18)5-3-9-2-4-11(16)12(17)8-9/h2-5,8,10,16-17H,6-7H2,1H3,(H,15,18)(H,19,20)/t10-/m0/s1. The Morgan fingerprint density at radius 3 is 2.62 bits per heavy atom. The van der Waals surface area contributed by atoms with Crippen molar-refractivity contribution in [3.05, 3.63) is 29.8 Å². The van der Waals surface area contributed by atoms with Gasteiger partial charge >= 0.3 is 5.97 Å². The molecule has 114 valence electrons. The number of amides is 1. The van der Waals surface area contributed by atoms with E-state index in [4.69, 9.17) is 10.2 Å². The van der Waals surface area contributed by atoms with Crippen LogP contribution in [0.15, 0.2) is 24.3 Å². The highest BCUT2D eigenvalue weighted by molar-refractivity contribution is 7.98. The van der Waals surface area contributed by atoms with Gasteiger partial charge in [0.15, 0.2) is 11.5 Å². The number of phenols is 2. The largest absolute Gasteiger partial charge is 0.504 e. The third-order valence-corrected chi connectivity index (χ3v) is 3.30. The van der Waals surface area contributed by atoms with Gasteiger partial charge in [-0.1, -0.05) is 6.07 Å². The van der Waals surface area contributed by atoms with Gasteiger partial charge in [0.1, 0.15) is 6.04 Å². The summed E-state index contributed by atoms with van der Waals surface area (Å²) in [5.74, 6) is -1.52. The Hall–Kier alpha value is -2.15. The number of carboxylic acid groups (broad SMARTS) is 1. The highest BCUT2D eigenvalue weighted by Gasteiger charge is 2.17. The summed E-state index contributed by atoms with van der Waals surface area (Å²) >= 11 is 1.50. The summed E-state index contributed by atoms with van der Waals surface area (Å²) < 4.78 is 0. The maximum atomic E-state index is 11.7. The molecule has 1 atom stereocenters. The SMILES string of the molecule is CSCC[C@H](NC(=O)C=Cc1ccc(O)c(O)c1)C(=O)O. The third-order valence-electron chi connectivity index (χ3n) is 2.65. The zero-order chi connectivity index (χ0) is 15.8. The summed E-state index contributed by atoms with van der Waals surface area (Å²) in [6.07, 6.45) is 4.80. The van der Waals surface area contributed by atoms with Crippen LogP contribution in [0.25, 0.3) is 6.08 Å². The number of phenolic OH excluding ortho intramolecular Hbond substituents is 2. The number of aromatic hydroxyl groups is 2. The number of thioether (sulfide) groups is 1. The van der Waals surface area contributed by atoms with Crippen molar-refractivity contribution >= 4 is 29.7 Å². The van der Waals surface area contributed by atoms with Crippen LogP contribution >= 0.6 is 11.8 Å². The molecule has 0 aromatic heterocycles. The van der Waals surface area contributed by atoms with Gasteiger partial charge in [0.2, 0.25) is 5.91 Å². The number of carbonyl (C=O) groups is 2. The summed E-state index contributed by atoms with van der Waals surface area (Å²) in [4.78, 5) is 22.7. The number of carbonyl (C=O) groups excluding carboxylic acids is 1. The monoisotopic (exact) mass is 311 g/mol. The van der Waals surface area contributed by atoms with Gasteiger partial charge in [-0.25, -0.2) is 4.79 Å². The maximum Gasteiger partial charge on any atom is 0.326 e. The molecule has 0 aliphatic heterocycles. The van der Waals surface area contributed by atoms with Crippen LogP contribution in [0.1, 0.15) is 12.0 Å². The Morgan fingerprint density at radius 2 is 2.05 bits per heavy atom. The number of hydrogen-bond donors (Lipinski definition) is 4. The highest BCUT2D eigenvalue weighted by atomic mass is 32.2. The first-order valence-corrected chi connectivity index (χ1v) is 7.55. The number of benzene rings is 1. The Kier molecular flexibility index (Phi) is 6.61. The molecule has 0 unspecified atom stereocenters. The first kappa shape index (κ1) is 16.9. The van der Waals surface area contributed by atoms with Crippen LogP contribution in [0.4, 0.5) is 0 Å². The van der Waals surface area contributed by atoms with Crippen molar-refractivity contribution in [1.82, 2.24) is 5.32 Å². The molecule has 1 rings (SSSR count). The Labute approximate surface area is 126 Å². The molecule has 0 fully saturated rings. The van der Waals surface area contributed by atoms with E-state index in [1.807, 2.05) is 6.26 Å². The van der Waals surface area contributed by atoms with Crippen LogP contribution in [-0.2, 0) is 9.59 Å². The van der Waals surface area contributed by atoms with Crippen molar-refractivity contribution in [3.8, 4) is 11.5 Å². The smallest absolute Gasteiger partial charge is 0.326 e. The van der Waals surface area contributed by atoms with Gasteiger partial charge in [0.05, 0.1) is 0 Å². The van der Waals surface area contributed by atoms with E-state index in [9.17, 15) is 14.7 Å². The Balaban J connectivity index is 2.64. The molecule has 6 nitrogen and oxygen atoms in total. The van der Waals surface area contributed by atoms with E-state index in [-0.39, 0.29) is 11.5 Å². The molecule has 4 N–H and O–H groups in total. The van der Waals surface area contributed by atoms with Crippen molar-refractivity contribution in [1.29, 1.82) is 0 Å². The van der Waals surface area contributed by atoms with Crippen LogP contribution in [0.2, 0.25) is 0 Å². The van der Waals surface area contributed by atoms with Crippen LogP contribution in [0, 0.1) is 0 Å². The van der Waals surface area contributed by atoms with E-state index >= 15 is 0 Å². The van der Waals surface area contributed by atoms with Crippen molar-refractivity contribution in [2.75, 3.05) is 12.0 Å². The Morgan fingerprint density at radius 1 is 1.33 bits per heavy atom. The first-order valence-electron chi connectivity index (χ1n) is 6.16. The van der Waals surface area contributed by atoms with Gasteiger partial charge in [-0.2, -0.15) is 11.8 Å². The molecule has 0 bridgehead atoms. The molecule has 0 saturated heterocycles. The molecule has 21 heavy (non-hydrogen) atoms. The fourth-order valence-electron chi connectivity index (χ4n) is 1.53. The summed E-state index contributed by atoms with van der Waals surface area (Å²) in [7, 11) is 0. The summed E-state index contributed by atoms with van der Waals surface area (Å²) in [6.45, 7) is 0. The van der Waals surface area contributed by atoms with Crippen LogP contribution in [0.5, 0.6) is 11.5 Å². The molecule has 1 aromatic carbocycles. The molecule has 0 radical (unpaired) electrons. The molecule has 0 aliphatic carbocycles. The van der Waals surface area contributed by atoms with Gasteiger partial charge in [-0.05, 0) is 42.2 Å². The van der Waals surface area contributed by atoms with Crippen molar-refractivity contribution in [2.45, 2.75) is 12.5 Å². The highest BCUT2D eigenvalue weighted by Crippen LogP contribution is 2.25. The summed E-state index contributed by atoms with van der Waals surface area (Å²) in [6, 6.07) is 3.18. The van der Waals surface area contributed by atoms with Crippen LogP contribution in [-0.4, -0.2) is 45.2 Å². The molecule has 0 saturated carbocycles. The van der Waals surface area contributed by atoms with Crippen molar-refractivity contribution in [3.63, 3.8) is 0 Å². The quantitative estimate of drug-likeness (QED) is 0.448. The molecular weight excluding hydrogens is 294 g/mol. The van der Waals surface area contributed by atoms with Gasteiger partial charge in [-0.15, -0.1) is 0 Å². The summed E-state index contributed by atoms with van der Waals surface area (Å²) in [5.41, 5.74) is 0.511. The fraction of sp³-hybridized carbons (Fsp3) is 0.286. The van der Waals surface area contributed by atoms with Crippen LogP contribution in [0.3, 0.4) is 0 Å². The van der Waals surface area contributed by atoms with Gasteiger partial charge in [0, 0.05) is 6.08 Å². The Bertz CT molecular complexity index is 544. The molecule has 0 aliphatic rings. The number of aliphatic carboxylic acids is 1. The molecule has 1 aromatic rings. The van der Waals surface area contributed by atoms with E-state index in [1.165, 1.54) is 42.1 Å². The lowest BCUT2D eigenvalue weighted by molar-refractivity contribution is -0.141. The average Bonchev–Trinajstić information content (AvgIpc) is 2.44. The first-order chi connectivity index (χ1) is 9.93. The lowest BCUT2D eigenvalue weighted by atomic mass is 10.2. The number of carboxylic acids is 1. The second-order valence-corrected chi connectivity index (χ2v) is 5.25. The van der Waals surface area contributed by atoms with Gasteiger partial charge in [-0.3, -0.25) is 4.79 Å². The predicted octanol–water partition coefficient (Wildman–Crippen LogP) is 1.43. The van der Waals surface area contributed by atoms with Crippen LogP contribution < -0.4 is 5.32 Å². The third kappa shape index (κ3) is 5.78. The number of hydrogen-bond acceptors (Lipinski definition) is 5. The second kappa shape index (κ2) is 8.21. The molecular formula is C14H17NO5S. The molecule has 1 amide bonds. The normalized spacial score (nSPS) is 12.2.